The molecule has 0 radical (unpaired) electrons. The Labute approximate surface area is 139 Å². The van der Waals surface area contributed by atoms with Gasteiger partial charge in [0.2, 0.25) is 12.7 Å². The third-order valence-electron chi connectivity index (χ3n) is 3.54. The number of hydrogen-bond acceptors (Lipinski definition) is 4. The van der Waals surface area contributed by atoms with E-state index in [-0.39, 0.29) is 12.7 Å². The lowest BCUT2D eigenvalue weighted by atomic mass is 10.1. The van der Waals surface area contributed by atoms with Crippen molar-refractivity contribution in [2.45, 2.75) is 34.2 Å². The maximum Gasteiger partial charge on any atom is 0.234 e. The molecule has 1 heterocycles. The second-order valence-electron chi connectivity index (χ2n) is 6.95. The summed E-state index contributed by atoms with van der Waals surface area (Å²) in [6.45, 7) is 11.8. The molecule has 5 heteroatoms. The van der Waals surface area contributed by atoms with Gasteiger partial charge in [-0.05, 0) is 29.5 Å². The van der Waals surface area contributed by atoms with Gasteiger partial charge in [0.1, 0.15) is 0 Å². The van der Waals surface area contributed by atoms with E-state index in [9.17, 15) is 4.79 Å². The van der Waals surface area contributed by atoms with Crippen LogP contribution in [0, 0.1) is 11.8 Å². The molecular weight excluding hydrogens is 292 g/mol. The number of fused-ring (bicyclic) bond motifs is 1. The van der Waals surface area contributed by atoms with Crippen LogP contribution in [0.15, 0.2) is 18.2 Å². The lowest BCUT2D eigenvalue weighted by Gasteiger charge is -2.25. The van der Waals surface area contributed by atoms with Gasteiger partial charge in [-0.15, -0.1) is 0 Å². The minimum absolute atomic E-state index is 0.0592. The Balaban J connectivity index is 1.83. The molecule has 0 saturated carbocycles. The minimum Gasteiger partial charge on any atom is -0.454 e. The molecule has 23 heavy (non-hydrogen) atoms. The van der Waals surface area contributed by atoms with Gasteiger partial charge in [0, 0.05) is 19.6 Å². The quantitative estimate of drug-likeness (QED) is 0.800. The second-order valence-corrected chi connectivity index (χ2v) is 6.95. The number of carbonyl (C=O) groups is 1. The van der Waals surface area contributed by atoms with Crippen molar-refractivity contribution in [1.29, 1.82) is 0 Å². The molecule has 1 aliphatic rings. The molecule has 0 aromatic heterocycles. The number of amides is 1. The molecule has 0 aliphatic carbocycles. The summed E-state index contributed by atoms with van der Waals surface area (Å²) in [7, 11) is 0. The third-order valence-corrected chi connectivity index (χ3v) is 3.54. The van der Waals surface area contributed by atoms with Crippen LogP contribution in [0.3, 0.4) is 0 Å². The zero-order valence-corrected chi connectivity index (χ0v) is 14.6. The SMILES string of the molecule is CC(C)CN(CC(=O)NCc1ccc2c(c1)OCO2)CC(C)C. The van der Waals surface area contributed by atoms with Crippen LogP contribution in [-0.4, -0.2) is 37.2 Å². The fraction of sp³-hybridized carbons (Fsp3) is 0.611. The predicted octanol–water partition coefficient (Wildman–Crippen LogP) is 2.65. The van der Waals surface area contributed by atoms with Gasteiger partial charge in [0.05, 0.1) is 6.54 Å². The van der Waals surface area contributed by atoms with Gasteiger partial charge in [-0.25, -0.2) is 0 Å². The maximum atomic E-state index is 12.2. The van der Waals surface area contributed by atoms with E-state index >= 15 is 0 Å². The average Bonchev–Trinajstić information content (AvgIpc) is 2.91. The van der Waals surface area contributed by atoms with Gasteiger partial charge in [-0.2, -0.15) is 0 Å². The van der Waals surface area contributed by atoms with Gasteiger partial charge >= 0.3 is 0 Å². The highest BCUT2D eigenvalue weighted by Crippen LogP contribution is 2.32. The largest absolute Gasteiger partial charge is 0.454 e. The Kier molecular flexibility index (Phi) is 6.28. The zero-order chi connectivity index (χ0) is 16.8. The molecule has 1 aromatic rings. The number of nitrogens with zero attached hydrogens (tertiary/aromatic N) is 1. The molecule has 0 atom stereocenters. The summed E-state index contributed by atoms with van der Waals surface area (Å²) in [6, 6.07) is 5.75. The summed E-state index contributed by atoms with van der Waals surface area (Å²) in [5, 5.41) is 2.99. The fourth-order valence-electron chi connectivity index (χ4n) is 2.75. The first-order valence-corrected chi connectivity index (χ1v) is 8.31. The first kappa shape index (κ1) is 17.6. The monoisotopic (exact) mass is 320 g/mol. The van der Waals surface area contributed by atoms with Crippen molar-refractivity contribution in [3.63, 3.8) is 0 Å². The molecule has 1 aliphatic heterocycles. The van der Waals surface area contributed by atoms with Crippen LogP contribution in [0.5, 0.6) is 11.5 Å². The van der Waals surface area contributed by atoms with E-state index in [1.165, 1.54) is 0 Å². The Morgan fingerprint density at radius 3 is 2.43 bits per heavy atom. The van der Waals surface area contributed by atoms with Crippen molar-refractivity contribution < 1.29 is 14.3 Å². The van der Waals surface area contributed by atoms with Gasteiger partial charge in [0.25, 0.3) is 0 Å². The van der Waals surface area contributed by atoms with E-state index in [0.717, 1.165) is 30.2 Å². The van der Waals surface area contributed by atoms with E-state index in [2.05, 4.69) is 37.9 Å². The van der Waals surface area contributed by atoms with Crippen molar-refractivity contribution >= 4 is 5.91 Å². The van der Waals surface area contributed by atoms with Crippen LogP contribution in [0.1, 0.15) is 33.3 Å². The number of nitrogens with one attached hydrogen (secondary N) is 1. The number of benzene rings is 1. The molecule has 128 valence electrons. The number of ether oxygens (including phenoxy) is 2. The molecule has 1 amide bonds. The molecule has 0 bridgehead atoms. The van der Waals surface area contributed by atoms with Crippen LogP contribution >= 0.6 is 0 Å². The topological polar surface area (TPSA) is 50.8 Å². The average molecular weight is 320 g/mol. The van der Waals surface area contributed by atoms with Gasteiger partial charge < -0.3 is 14.8 Å². The number of rotatable bonds is 8. The highest BCUT2D eigenvalue weighted by atomic mass is 16.7. The van der Waals surface area contributed by atoms with Crippen LogP contribution in [-0.2, 0) is 11.3 Å². The van der Waals surface area contributed by atoms with E-state index in [1.807, 2.05) is 18.2 Å². The summed E-state index contributed by atoms with van der Waals surface area (Å²) < 4.78 is 10.6. The minimum atomic E-state index is 0.0592. The summed E-state index contributed by atoms with van der Waals surface area (Å²) in [5.74, 6) is 2.67. The van der Waals surface area contributed by atoms with Crippen molar-refractivity contribution in [3.05, 3.63) is 23.8 Å². The summed E-state index contributed by atoms with van der Waals surface area (Å²) in [4.78, 5) is 14.4. The Bertz CT molecular complexity index is 519. The summed E-state index contributed by atoms with van der Waals surface area (Å²) >= 11 is 0. The zero-order valence-electron chi connectivity index (χ0n) is 14.6. The van der Waals surface area contributed by atoms with E-state index in [4.69, 9.17) is 9.47 Å². The highest BCUT2D eigenvalue weighted by Gasteiger charge is 2.15. The predicted molar refractivity (Wildman–Crippen MR) is 90.5 cm³/mol. The van der Waals surface area contributed by atoms with E-state index in [0.29, 0.717) is 24.9 Å². The summed E-state index contributed by atoms with van der Waals surface area (Å²) in [5.41, 5.74) is 1.02. The Hall–Kier alpha value is -1.75. The standard InChI is InChI=1S/C18H28N2O3/c1-13(2)9-20(10-14(3)4)11-18(21)19-8-15-5-6-16-17(7-15)23-12-22-16/h5-7,13-14H,8-12H2,1-4H3,(H,19,21). The molecular formula is C18H28N2O3. The second kappa shape index (κ2) is 8.20. The van der Waals surface area contributed by atoms with Crippen LogP contribution < -0.4 is 14.8 Å². The van der Waals surface area contributed by atoms with E-state index < -0.39 is 0 Å². The van der Waals surface area contributed by atoms with Crippen molar-refractivity contribution in [2.75, 3.05) is 26.4 Å². The molecule has 2 rings (SSSR count). The molecule has 1 N–H and O–H groups in total. The molecule has 1 aromatic carbocycles. The lowest BCUT2D eigenvalue weighted by molar-refractivity contribution is -0.122. The van der Waals surface area contributed by atoms with Crippen molar-refractivity contribution in [2.24, 2.45) is 11.8 Å². The van der Waals surface area contributed by atoms with Crippen molar-refractivity contribution in [3.8, 4) is 11.5 Å². The number of carbonyl (C=O) groups excluding carboxylic acids is 1. The normalized spacial score (nSPS) is 13.2. The first-order valence-electron chi connectivity index (χ1n) is 8.31. The third kappa shape index (κ3) is 5.75. The van der Waals surface area contributed by atoms with Gasteiger partial charge in [-0.1, -0.05) is 33.8 Å². The molecule has 5 nitrogen and oxygen atoms in total. The first-order chi connectivity index (χ1) is 10.9. The van der Waals surface area contributed by atoms with Crippen LogP contribution in [0.2, 0.25) is 0 Å². The molecule has 0 fully saturated rings. The Morgan fingerprint density at radius 1 is 1.13 bits per heavy atom. The van der Waals surface area contributed by atoms with Gasteiger partial charge in [0.15, 0.2) is 11.5 Å². The van der Waals surface area contributed by atoms with Gasteiger partial charge in [-0.3, -0.25) is 9.69 Å². The molecule has 0 spiro atoms. The molecule has 0 unspecified atom stereocenters. The fourth-order valence-corrected chi connectivity index (χ4v) is 2.75. The number of hydrogen-bond donors (Lipinski definition) is 1. The van der Waals surface area contributed by atoms with Crippen LogP contribution in [0.4, 0.5) is 0 Å². The van der Waals surface area contributed by atoms with Crippen LogP contribution in [0.25, 0.3) is 0 Å². The maximum absolute atomic E-state index is 12.2. The lowest BCUT2D eigenvalue weighted by Crippen LogP contribution is -2.40. The summed E-state index contributed by atoms with van der Waals surface area (Å²) in [6.07, 6.45) is 0. The highest BCUT2D eigenvalue weighted by molar-refractivity contribution is 5.78. The molecule has 0 saturated heterocycles. The Morgan fingerprint density at radius 2 is 1.78 bits per heavy atom. The van der Waals surface area contributed by atoms with E-state index in [1.54, 1.807) is 0 Å². The van der Waals surface area contributed by atoms with Crippen molar-refractivity contribution in [1.82, 2.24) is 10.2 Å². The smallest absolute Gasteiger partial charge is 0.234 e.